The first-order valence-corrected chi connectivity index (χ1v) is 10.6. The van der Waals surface area contributed by atoms with Crippen LogP contribution in [-0.2, 0) is 19.6 Å². The van der Waals surface area contributed by atoms with Crippen LogP contribution in [0.25, 0.3) is 0 Å². The van der Waals surface area contributed by atoms with Crippen LogP contribution in [0.4, 0.5) is 0 Å². The number of fused-ring (bicyclic) bond motifs is 1. The van der Waals surface area contributed by atoms with Crippen LogP contribution in [-0.4, -0.2) is 38.7 Å². The van der Waals surface area contributed by atoms with Crippen LogP contribution in [0.1, 0.15) is 29.1 Å². The third-order valence-electron chi connectivity index (χ3n) is 3.95. The smallest absolute Gasteiger partial charge is 0.331 e. The molecule has 1 atom stereocenters. The molecular formula is C18H18N2O5S2. The van der Waals surface area contributed by atoms with E-state index in [1.807, 2.05) is 0 Å². The fraction of sp³-hybridized carbons (Fsp3) is 0.278. The number of ether oxygens (including phenoxy) is 1. The van der Waals surface area contributed by atoms with Crippen molar-refractivity contribution in [3.8, 4) is 0 Å². The highest BCUT2D eigenvalue weighted by atomic mass is 32.2. The maximum atomic E-state index is 12.5. The van der Waals surface area contributed by atoms with E-state index in [-0.39, 0.29) is 29.0 Å². The summed E-state index contributed by atoms with van der Waals surface area (Å²) >= 11 is 1.27. The van der Waals surface area contributed by atoms with Crippen LogP contribution in [0.3, 0.4) is 0 Å². The molecule has 2 heterocycles. The number of nitrogens with one attached hydrogen (secondary N) is 1. The molecule has 1 aromatic carbocycles. The summed E-state index contributed by atoms with van der Waals surface area (Å²) in [7, 11) is -3.69. The molecule has 1 aliphatic heterocycles. The summed E-state index contributed by atoms with van der Waals surface area (Å²) in [6, 6.07) is 8.87. The zero-order valence-electron chi connectivity index (χ0n) is 14.7. The number of amidine groups is 1. The monoisotopic (exact) mass is 406 g/mol. The molecule has 27 heavy (non-hydrogen) atoms. The molecule has 0 amide bonds. The summed E-state index contributed by atoms with van der Waals surface area (Å²) in [5.74, 6) is -1.11. The number of hydrogen-bond donors (Lipinski definition) is 1. The Morgan fingerprint density at radius 3 is 2.59 bits per heavy atom. The Morgan fingerprint density at radius 2 is 1.93 bits per heavy atom. The largest absolute Gasteiger partial charge is 0.456 e. The van der Waals surface area contributed by atoms with E-state index in [4.69, 9.17) is 4.74 Å². The van der Waals surface area contributed by atoms with Gasteiger partial charge in [-0.1, -0.05) is 32.0 Å². The predicted molar refractivity (Wildman–Crippen MR) is 102 cm³/mol. The van der Waals surface area contributed by atoms with E-state index in [0.29, 0.717) is 10.4 Å². The van der Waals surface area contributed by atoms with Crippen molar-refractivity contribution < 1.29 is 22.7 Å². The molecule has 142 valence electrons. The van der Waals surface area contributed by atoms with Gasteiger partial charge in [-0.15, -0.1) is 11.3 Å². The Bertz CT molecular complexity index is 995. The molecule has 0 aliphatic carbocycles. The first-order chi connectivity index (χ1) is 12.8. The standard InChI is InChI=1S/C18H18N2O5S2/c1-11(2)16(18(22)25-10-13(21)14-7-5-9-26-14)19-17-12-6-3-4-8-15(12)27(23,24)20-17/h3-9,11,16H,10H2,1-2H3,(H,19,20)/t16-/m0/s1. The van der Waals surface area contributed by atoms with E-state index in [9.17, 15) is 18.0 Å². The molecule has 9 heteroatoms. The van der Waals surface area contributed by atoms with Crippen molar-refractivity contribution in [2.45, 2.75) is 24.8 Å². The average Bonchev–Trinajstić information content (AvgIpc) is 3.24. The van der Waals surface area contributed by atoms with Crippen LogP contribution < -0.4 is 4.72 Å². The quantitative estimate of drug-likeness (QED) is 0.585. The van der Waals surface area contributed by atoms with E-state index in [2.05, 4.69) is 9.71 Å². The second-order valence-electron chi connectivity index (χ2n) is 6.28. The van der Waals surface area contributed by atoms with Gasteiger partial charge in [-0.2, -0.15) is 0 Å². The number of esters is 1. The first-order valence-electron chi connectivity index (χ1n) is 8.23. The van der Waals surface area contributed by atoms with Gasteiger partial charge in [0.25, 0.3) is 10.0 Å². The molecule has 1 N–H and O–H groups in total. The van der Waals surface area contributed by atoms with Crippen molar-refractivity contribution in [2.75, 3.05) is 6.61 Å². The summed E-state index contributed by atoms with van der Waals surface area (Å²) in [6.07, 6.45) is 0. The number of Topliss-reactive ketones (excluding diaryl/α,β-unsaturated/α-hetero) is 1. The lowest BCUT2D eigenvalue weighted by atomic mass is 10.1. The Labute approximate surface area is 161 Å². The highest BCUT2D eigenvalue weighted by molar-refractivity contribution is 7.90. The highest BCUT2D eigenvalue weighted by Crippen LogP contribution is 2.23. The summed E-state index contributed by atoms with van der Waals surface area (Å²) in [6.45, 7) is 3.16. The van der Waals surface area contributed by atoms with Gasteiger partial charge in [0, 0.05) is 5.56 Å². The lowest BCUT2D eigenvalue weighted by Crippen LogP contribution is -2.32. The Hall–Kier alpha value is -2.52. The Morgan fingerprint density at radius 1 is 1.19 bits per heavy atom. The molecule has 0 spiro atoms. The van der Waals surface area contributed by atoms with Gasteiger partial charge in [0.2, 0.25) is 5.78 Å². The summed E-state index contributed by atoms with van der Waals surface area (Å²) < 4.78 is 31.9. The van der Waals surface area contributed by atoms with Crippen LogP contribution in [0.5, 0.6) is 0 Å². The molecule has 0 radical (unpaired) electrons. The number of benzene rings is 1. The predicted octanol–water partition coefficient (Wildman–Crippen LogP) is 2.24. The highest BCUT2D eigenvalue weighted by Gasteiger charge is 2.33. The summed E-state index contributed by atoms with van der Waals surface area (Å²) in [5.41, 5.74) is 0.408. The van der Waals surface area contributed by atoms with E-state index >= 15 is 0 Å². The molecular weight excluding hydrogens is 388 g/mol. The third-order valence-corrected chi connectivity index (χ3v) is 6.25. The topological polar surface area (TPSA) is 102 Å². The summed E-state index contributed by atoms with van der Waals surface area (Å²) in [4.78, 5) is 29.4. The minimum Gasteiger partial charge on any atom is -0.456 e. The van der Waals surface area contributed by atoms with E-state index in [1.165, 1.54) is 17.4 Å². The van der Waals surface area contributed by atoms with Crippen LogP contribution in [0.2, 0.25) is 0 Å². The van der Waals surface area contributed by atoms with Crippen LogP contribution >= 0.6 is 11.3 Å². The molecule has 0 fully saturated rings. The number of hydrogen-bond acceptors (Lipinski definition) is 7. The van der Waals surface area contributed by atoms with Crippen LogP contribution in [0, 0.1) is 5.92 Å². The zero-order chi connectivity index (χ0) is 19.6. The average molecular weight is 406 g/mol. The number of aliphatic imine (C=N–C) groups is 1. The fourth-order valence-corrected chi connectivity index (χ4v) is 4.46. The second kappa shape index (κ2) is 7.61. The van der Waals surface area contributed by atoms with Gasteiger partial charge < -0.3 is 4.74 Å². The fourth-order valence-electron chi connectivity index (χ4n) is 2.57. The lowest BCUT2D eigenvalue weighted by molar-refractivity contribution is -0.145. The van der Waals surface area contributed by atoms with Crippen molar-refractivity contribution >= 4 is 38.9 Å². The maximum absolute atomic E-state index is 12.5. The van der Waals surface area contributed by atoms with Crippen molar-refractivity contribution in [3.05, 3.63) is 52.2 Å². The molecule has 2 aromatic rings. The molecule has 0 saturated heterocycles. The molecule has 1 aliphatic rings. The van der Waals surface area contributed by atoms with E-state index < -0.39 is 22.0 Å². The van der Waals surface area contributed by atoms with Gasteiger partial charge in [0.05, 0.1) is 9.77 Å². The van der Waals surface area contributed by atoms with Gasteiger partial charge in [-0.05, 0) is 29.5 Å². The number of rotatable bonds is 6. The van der Waals surface area contributed by atoms with Crippen molar-refractivity contribution in [2.24, 2.45) is 10.9 Å². The van der Waals surface area contributed by atoms with Gasteiger partial charge in [0.1, 0.15) is 5.84 Å². The molecule has 0 unspecified atom stereocenters. The van der Waals surface area contributed by atoms with Gasteiger partial charge in [0.15, 0.2) is 12.6 Å². The zero-order valence-corrected chi connectivity index (χ0v) is 16.3. The van der Waals surface area contributed by atoms with Crippen molar-refractivity contribution in [1.29, 1.82) is 0 Å². The molecule has 3 rings (SSSR count). The van der Waals surface area contributed by atoms with Crippen molar-refractivity contribution in [3.63, 3.8) is 0 Å². The first kappa shape index (κ1) is 19.2. The minimum absolute atomic E-state index is 0.103. The molecule has 1 aromatic heterocycles. The molecule has 0 saturated carbocycles. The lowest BCUT2D eigenvalue weighted by Gasteiger charge is -2.16. The summed E-state index contributed by atoms with van der Waals surface area (Å²) in [5, 5.41) is 1.77. The normalized spacial score (nSPS) is 17.4. The SMILES string of the molecule is CC(C)[C@H](N=C1NS(=O)(=O)c2ccccc21)C(=O)OCC(=O)c1cccs1. The van der Waals surface area contributed by atoms with Gasteiger partial charge in [-0.25, -0.2) is 13.2 Å². The maximum Gasteiger partial charge on any atom is 0.331 e. The van der Waals surface area contributed by atoms with E-state index in [0.717, 1.165) is 0 Å². The van der Waals surface area contributed by atoms with Gasteiger partial charge >= 0.3 is 5.97 Å². The number of carbonyl (C=O) groups is 2. The third kappa shape index (κ3) is 4.09. The van der Waals surface area contributed by atoms with Gasteiger partial charge in [-0.3, -0.25) is 14.5 Å². The van der Waals surface area contributed by atoms with Crippen LogP contribution in [0.15, 0.2) is 51.7 Å². The number of thiophene rings is 1. The molecule has 7 nitrogen and oxygen atoms in total. The Balaban J connectivity index is 1.79. The molecule has 0 bridgehead atoms. The number of nitrogens with zero attached hydrogens (tertiary/aromatic N) is 1. The van der Waals surface area contributed by atoms with Crippen molar-refractivity contribution in [1.82, 2.24) is 4.72 Å². The number of ketones is 1. The number of sulfonamides is 1. The minimum atomic E-state index is -3.69. The van der Waals surface area contributed by atoms with E-state index in [1.54, 1.807) is 49.6 Å². The number of carbonyl (C=O) groups excluding carboxylic acids is 2. The second-order valence-corrected chi connectivity index (χ2v) is 8.87. The Kier molecular flexibility index (Phi) is 5.43.